The highest BCUT2D eigenvalue weighted by Crippen LogP contribution is 2.24. The van der Waals surface area contributed by atoms with Crippen molar-refractivity contribution >= 4 is 0 Å². The Morgan fingerprint density at radius 1 is 1.50 bits per heavy atom. The summed E-state index contributed by atoms with van der Waals surface area (Å²) in [6, 6.07) is 3.67. The first-order valence-electron chi connectivity index (χ1n) is 7.09. The highest BCUT2D eigenvalue weighted by molar-refractivity contribution is 5.44. The molecule has 3 heterocycles. The van der Waals surface area contributed by atoms with Gasteiger partial charge in [-0.3, -0.25) is 4.90 Å². The maximum atomic E-state index is 9.29. The molecule has 0 bridgehead atoms. The highest BCUT2D eigenvalue weighted by atomic mass is 16.4. The molecule has 1 fully saturated rings. The van der Waals surface area contributed by atoms with Crippen LogP contribution in [0.15, 0.2) is 27.2 Å². The number of aliphatic hydroxyl groups is 1. The van der Waals surface area contributed by atoms with Crippen LogP contribution in [-0.4, -0.2) is 34.7 Å². The third kappa shape index (κ3) is 2.78. The van der Waals surface area contributed by atoms with Gasteiger partial charge in [-0.05, 0) is 44.4 Å². The van der Waals surface area contributed by atoms with Gasteiger partial charge < -0.3 is 13.9 Å². The van der Waals surface area contributed by atoms with Crippen LogP contribution in [0, 0.1) is 12.8 Å². The van der Waals surface area contributed by atoms with E-state index in [0.717, 1.165) is 43.9 Å². The van der Waals surface area contributed by atoms with Crippen molar-refractivity contribution in [3.63, 3.8) is 0 Å². The number of rotatable bonds is 4. The minimum atomic E-state index is 0.270. The largest absolute Gasteiger partial charge is 0.459 e. The van der Waals surface area contributed by atoms with Gasteiger partial charge in [-0.25, -0.2) is 4.98 Å². The Labute approximate surface area is 118 Å². The van der Waals surface area contributed by atoms with E-state index in [1.807, 2.05) is 19.1 Å². The Kier molecular flexibility index (Phi) is 3.89. The minimum absolute atomic E-state index is 0.270. The Morgan fingerprint density at radius 3 is 3.15 bits per heavy atom. The number of furan rings is 1. The second-order valence-corrected chi connectivity index (χ2v) is 5.43. The number of aliphatic hydroxyl groups excluding tert-OH is 1. The van der Waals surface area contributed by atoms with Crippen LogP contribution in [0.1, 0.15) is 24.3 Å². The van der Waals surface area contributed by atoms with E-state index in [9.17, 15) is 5.11 Å². The van der Waals surface area contributed by atoms with Gasteiger partial charge in [0.1, 0.15) is 5.76 Å². The Bertz CT molecular complexity index is 547. The third-order valence-electron chi connectivity index (χ3n) is 3.86. The van der Waals surface area contributed by atoms with Crippen LogP contribution in [0.3, 0.4) is 0 Å². The lowest BCUT2D eigenvalue weighted by Gasteiger charge is -2.31. The molecule has 1 atom stereocenters. The fraction of sp³-hybridized carbons (Fsp3) is 0.533. The number of likely N-dealkylation sites (tertiary alicyclic amines) is 1. The molecule has 108 valence electrons. The van der Waals surface area contributed by atoms with E-state index in [1.165, 1.54) is 0 Å². The molecule has 0 aliphatic carbocycles. The van der Waals surface area contributed by atoms with Crippen LogP contribution in [-0.2, 0) is 6.54 Å². The monoisotopic (exact) mass is 276 g/mol. The fourth-order valence-electron chi connectivity index (χ4n) is 2.74. The topological polar surface area (TPSA) is 62.6 Å². The summed E-state index contributed by atoms with van der Waals surface area (Å²) >= 11 is 0. The van der Waals surface area contributed by atoms with Crippen LogP contribution in [0.2, 0.25) is 0 Å². The van der Waals surface area contributed by atoms with Crippen molar-refractivity contribution in [1.82, 2.24) is 9.88 Å². The van der Waals surface area contributed by atoms with E-state index in [-0.39, 0.29) is 6.61 Å². The number of oxazole rings is 1. The summed E-state index contributed by atoms with van der Waals surface area (Å²) in [6.45, 7) is 4.96. The Morgan fingerprint density at radius 2 is 2.40 bits per heavy atom. The molecule has 0 saturated carbocycles. The summed E-state index contributed by atoms with van der Waals surface area (Å²) in [5.74, 6) is 2.42. The van der Waals surface area contributed by atoms with Gasteiger partial charge in [-0.2, -0.15) is 0 Å². The Balaban J connectivity index is 1.71. The second-order valence-electron chi connectivity index (χ2n) is 5.43. The number of nitrogens with zero attached hydrogens (tertiary/aromatic N) is 2. The van der Waals surface area contributed by atoms with Gasteiger partial charge in [-0.1, -0.05) is 0 Å². The van der Waals surface area contributed by atoms with Crippen LogP contribution >= 0.6 is 0 Å². The molecule has 3 rings (SSSR count). The lowest BCUT2D eigenvalue weighted by molar-refractivity contribution is 0.115. The third-order valence-corrected chi connectivity index (χ3v) is 3.86. The van der Waals surface area contributed by atoms with Crippen molar-refractivity contribution in [3.8, 4) is 11.7 Å². The molecule has 2 aromatic rings. The molecule has 0 radical (unpaired) electrons. The predicted molar refractivity (Wildman–Crippen MR) is 74.0 cm³/mol. The molecular formula is C15H20N2O3. The molecule has 1 saturated heterocycles. The van der Waals surface area contributed by atoms with Gasteiger partial charge in [0.2, 0.25) is 0 Å². The molecule has 0 spiro atoms. The van der Waals surface area contributed by atoms with Crippen molar-refractivity contribution in [2.24, 2.45) is 5.92 Å². The van der Waals surface area contributed by atoms with Crippen molar-refractivity contribution in [3.05, 3.63) is 29.9 Å². The maximum absolute atomic E-state index is 9.29. The van der Waals surface area contributed by atoms with Gasteiger partial charge in [0.25, 0.3) is 5.89 Å². The number of hydrogen-bond acceptors (Lipinski definition) is 5. The quantitative estimate of drug-likeness (QED) is 0.929. The summed E-state index contributed by atoms with van der Waals surface area (Å²) in [7, 11) is 0. The highest BCUT2D eigenvalue weighted by Gasteiger charge is 2.22. The van der Waals surface area contributed by atoms with E-state index < -0.39 is 0 Å². The van der Waals surface area contributed by atoms with Gasteiger partial charge in [0.15, 0.2) is 5.76 Å². The van der Waals surface area contributed by atoms with Gasteiger partial charge >= 0.3 is 0 Å². The van der Waals surface area contributed by atoms with Crippen molar-refractivity contribution in [2.75, 3.05) is 19.7 Å². The molecule has 2 aromatic heterocycles. The van der Waals surface area contributed by atoms with Crippen LogP contribution in [0.5, 0.6) is 0 Å². The molecule has 0 amide bonds. The minimum Gasteiger partial charge on any atom is -0.459 e. The second kappa shape index (κ2) is 5.81. The fourth-order valence-corrected chi connectivity index (χ4v) is 2.74. The molecule has 1 aliphatic rings. The molecular weight excluding hydrogens is 256 g/mol. The molecule has 1 N–H and O–H groups in total. The first-order valence-corrected chi connectivity index (χ1v) is 7.09. The summed E-state index contributed by atoms with van der Waals surface area (Å²) in [5, 5.41) is 9.29. The van der Waals surface area contributed by atoms with E-state index in [0.29, 0.717) is 17.6 Å². The summed E-state index contributed by atoms with van der Waals surface area (Å²) in [5.41, 5.74) is 0.954. The average molecular weight is 276 g/mol. The zero-order valence-electron chi connectivity index (χ0n) is 11.7. The van der Waals surface area contributed by atoms with Crippen LogP contribution in [0.4, 0.5) is 0 Å². The van der Waals surface area contributed by atoms with E-state index >= 15 is 0 Å². The molecule has 1 aliphatic heterocycles. The lowest BCUT2D eigenvalue weighted by atomic mass is 9.99. The van der Waals surface area contributed by atoms with Crippen molar-refractivity contribution < 1.29 is 13.9 Å². The summed E-state index contributed by atoms with van der Waals surface area (Å²) < 4.78 is 11.0. The van der Waals surface area contributed by atoms with Gasteiger partial charge in [0, 0.05) is 19.7 Å². The van der Waals surface area contributed by atoms with Crippen molar-refractivity contribution in [2.45, 2.75) is 26.3 Å². The number of aromatic nitrogens is 1. The average Bonchev–Trinajstić information content (AvgIpc) is 3.10. The first kappa shape index (κ1) is 13.4. The van der Waals surface area contributed by atoms with Gasteiger partial charge in [-0.15, -0.1) is 0 Å². The van der Waals surface area contributed by atoms with Crippen LogP contribution < -0.4 is 0 Å². The molecule has 5 nitrogen and oxygen atoms in total. The van der Waals surface area contributed by atoms with Crippen LogP contribution in [0.25, 0.3) is 11.7 Å². The van der Waals surface area contributed by atoms with E-state index in [2.05, 4.69) is 9.88 Å². The molecule has 1 unspecified atom stereocenters. The van der Waals surface area contributed by atoms with Crippen molar-refractivity contribution in [1.29, 1.82) is 0 Å². The molecule has 5 heteroatoms. The van der Waals surface area contributed by atoms with Gasteiger partial charge in [0.05, 0.1) is 12.0 Å². The van der Waals surface area contributed by atoms with E-state index in [1.54, 1.807) is 6.26 Å². The number of aryl methyl sites for hydroxylation is 1. The smallest absolute Gasteiger partial charge is 0.263 e. The molecule has 20 heavy (non-hydrogen) atoms. The standard InChI is InChI=1S/C15H20N2O3/c1-11-13(9-17-6-2-4-12(8-17)10-18)16-15(20-11)14-5-3-7-19-14/h3,5,7,12,18H,2,4,6,8-10H2,1H3. The maximum Gasteiger partial charge on any atom is 0.263 e. The predicted octanol–water partition coefficient (Wildman–Crippen LogP) is 2.45. The van der Waals surface area contributed by atoms with E-state index in [4.69, 9.17) is 8.83 Å². The Hall–Kier alpha value is -1.59. The summed E-state index contributed by atoms with van der Waals surface area (Å²) in [6.07, 6.45) is 3.86. The normalized spacial score (nSPS) is 20.4. The SMILES string of the molecule is Cc1oc(-c2ccco2)nc1CN1CCCC(CO)C1. The molecule has 0 aromatic carbocycles. The number of piperidine rings is 1. The first-order chi connectivity index (χ1) is 9.76. The lowest BCUT2D eigenvalue weighted by Crippen LogP contribution is -2.36. The summed E-state index contributed by atoms with van der Waals surface area (Å²) in [4.78, 5) is 6.87. The zero-order valence-corrected chi connectivity index (χ0v) is 11.7. The number of hydrogen-bond donors (Lipinski definition) is 1. The zero-order chi connectivity index (χ0) is 13.9.